The predicted molar refractivity (Wildman–Crippen MR) is 91.3 cm³/mol. The highest BCUT2D eigenvalue weighted by Gasteiger charge is 2.29. The highest BCUT2D eigenvalue weighted by atomic mass is 16.7. The molecule has 0 radical (unpaired) electrons. The van der Waals surface area contributed by atoms with Crippen LogP contribution in [0.15, 0.2) is 5.76 Å². The number of hydrogen-bond acceptors (Lipinski definition) is 8. The first-order valence-corrected chi connectivity index (χ1v) is 9.31. The summed E-state index contributed by atoms with van der Waals surface area (Å²) in [6.45, 7) is 6.82. The standard InChI is InChI=1S/C17H28N4O4/c22-13-16(24-15-3-7-19-8-4-15)17(23)25-21-11-9-20(10-12-21)14-1-5-18-6-2-14/h14-15,18-19H,1-12H2. The van der Waals surface area contributed by atoms with Crippen molar-refractivity contribution < 1.29 is 19.2 Å². The van der Waals surface area contributed by atoms with E-state index in [0.717, 1.165) is 52.1 Å². The number of carbonyl (C=O) groups is 1. The number of piperazine rings is 1. The molecule has 3 aliphatic rings. The van der Waals surface area contributed by atoms with E-state index >= 15 is 0 Å². The lowest BCUT2D eigenvalue weighted by molar-refractivity contribution is -0.198. The molecule has 3 aliphatic heterocycles. The van der Waals surface area contributed by atoms with E-state index in [4.69, 9.17) is 9.57 Å². The summed E-state index contributed by atoms with van der Waals surface area (Å²) < 4.78 is 5.49. The van der Waals surface area contributed by atoms with Crippen molar-refractivity contribution in [2.24, 2.45) is 0 Å². The maximum Gasteiger partial charge on any atom is 0.404 e. The van der Waals surface area contributed by atoms with E-state index in [0.29, 0.717) is 19.1 Å². The molecular weight excluding hydrogens is 324 g/mol. The lowest BCUT2D eigenvalue weighted by Gasteiger charge is -2.39. The van der Waals surface area contributed by atoms with Crippen molar-refractivity contribution in [1.82, 2.24) is 20.6 Å². The molecule has 0 atom stereocenters. The number of rotatable bonds is 5. The van der Waals surface area contributed by atoms with Crippen molar-refractivity contribution >= 4 is 11.9 Å². The van der Waals surface area contributed by atoms with Crippen molar-refractivity contribution in [3.63, 3.8) is 0 Å². The van der Waals surface area contributed by atoms with E-state index in [1.165, 1.54) is 12.8 Å². The lowest BCUT2D eigenvalue weighted by atomic mass is 10.0. The van der Waals surface area contributed by atoms with Crippen LogP contribution >= 0.6 is 0 Å². The number of carbonyl (C=O) groups excluding carboxylic acids is 2. The van der Waals surface area contributed by atoms with E-state index in [-0.39, 0.29) is 11.9 Å². The van der Waals surface area contributed by atoms with Gasteiger partial charge in [-0.25, -0.2) is 9.59 Å². The average molecular weight is 352 g/mol. The van der Waals surface area contributed by atoms with E-state index in [9.17, 15) is 9.59 Å². The zero-order chi connectivity index (χ0) is 17.5. The Morgan fingerprint density at radius 1 is 0.920 bits per heavy atom. The minimum Gasteiger partial charge on any atom is -0.475 e. The highest BCUT2D eigenvalue weighted by Crippen LogP contribution is 2.16. The fourth-order valence-electron chi connectivity index (χ4n) is 3.68. The molecule has 0 aliphatic carbocycles. The molecule has 3 fully saturated rings. The van der Waals surface area contributed by atoms with E-state index in [1.54, 1.807) is 11.0 Å². The Labute approximate surface area is 148 Å². The Morgan fingerprint density at radius 3 is 2.12 bits per heavy atom. The predicted octanol–water partition coefficient (Wildman–Crippen LogP) is -0.702. The van der Waals surface area contributed by atoms with Gasteiger partial charge in [-0.05, 0) is 51.9 Å². The second-order valence-corrected chi connectivity index (χ2v) is 6.82. The number of nitrogens with zero attached hydrogens (tertiary/aromatic N) is 2. The Morgan fingerprint density at radius 2 is 1.52 bits per heavy atom. The molecule has 0 saturated carbocycles. The van der Waals surface area contributed by atoms with Gasteiger partial charge in [0.25, 0.3) is 5.76 Å². The van der Waals surface area contributed by atoms with E-state index < -0.39 is 5.97 Å². The van der Waals surface area contributed by atoms with Crippen LogP contribution in [0, 0.1) is 0 Å². The lowest BCUT2D eigenvalue weighted by Crippen LogP contribution is -2.53. The van der Waals surface area contributed by atoms with Gasteiger partial charge in [-0.2, -0.15) is 0 Å². The second kappa shape index (κ2) is 9.31. The smallest absolute Gasteiger partial charge is 0.404 e. The zero-order valence-electron chi connectivity index (χ0n) is 14.7. The van der Waals surface area contributed by atoms with Crippen LogP contribution in [0.5, 0.6) is 0 Å². The van der Waals surface area contributed by atoms with E-state index in [2.05, 4.69) is 15.5 Å². The fourth-order valence-corrected chi connectivity index (χ4v) is 3.68. The minimum atomic E-state index is -0.733. The summed E-state index contributed by atoms with van der Waals surface area (Å²) >= 11 is 0. The average Bonchev–Trinajstić information content (AvgIpc) is 2.68. The number of piperidine rings is 2. The van der Waals surface area contributed by atoms with Crippen LogP contribution in [0.4, 0.5) is 0 Å². The highest BCUT2D eigenvalue weighted by molar-refractivity contribution is 5.94. The summed E-state index contributed by atoms with van der Waals surface area (Å²) in [5.74, 6) is 0.532. The first-order valence-electron chi connectivity index (χ1n) is 9.31. The van der Waals surface area contributed by atoms with Gasteiger partial charge in [0.1, 0.15) is 6.10 Å². The van der Waals surface area contributed by atoms with Crippen molar-refractivity contribution in [2.75, 3.05) is 52.4 Å². The van der Waals surface area contributed by atoms with Crippen molar-refractivity contribution in [3.05, 3.63) is 5.76 Å². The Kier molecular flexibility index (Phi) is 6.84. The molecule has 8 nitrogen and oxygen atoms in total. The van der Waals surface area contributed by atoms with Crippen LogP contribution < -0.4 is 10.6 Å². The van der Waals surface area contributed by atoms with Crippen LogP contribution in [0.25, 0.3) is 0 Å². The molecule has 0 spiro atoms. The molecule has 25 heavy (non-hydrogen) atoms. The SMILES string of the molecule is O=C=C(OC1CCNCC1)C(=O)ON1CCN(C2CCNCC2)CC1. The zero-order valence-corrected chi connectivity index (χ0v) is 14.7. The molecule has 0 bridgehead atoms. The summed E-state index contributed by atoms with van der Waals surface area (Å²) in [4.78, 5) is 31.1. The topological polar surface area (TPSA) is 83.1 Å². The first-order chi connectivity index (χ1) is 12.3. The fraction of sp³-hybridized carbons (Fsp3) is 0.824. The van der Waals surface area contributed by atoms with Crippen molar-refractivity contribution in [1.29, 1.82) is 0 Å². The molecule has 0 aromatic heterocycles. The van der Waals surface area contributed by atoms with Crippen LogP contribution in [0.3, 0.4) is 0 Å². The third-order valence-electron chi connectivity index (χ3n) is 5.16. The van der Waals surface area contributed by atoms with Crippen LogP contribution in [-0.4, -0.2) is 86.4 Å². The van der Waals surface area contributed by atoms with Gasteiger partial charge in [-0.3, -0.25) is 4.90 Å². The summed E-state index contributed by atoms with van der Waals surface area (Å²) in [5, 5.41) is 8.22. The normalized spacial score (nSPS) is 24.5. The summed E-state index contributed by atoms with van der Waals surface area (Å²) in [5.41, 5.74) is 0. The molecule has 0 amide bonds. The number of nitrogens with one attached hydrogen (secondary N) is 2. The molecule has 3 saturated heterocycles. The number of hydroxylamine groups is 2. The maximum absolute atomic E-state index is 12.2. The molecule has 8 heteroatoms. The molecule has 0 unspecified atom stereocenters. The van der Waals surface area contributed by atoms with Gasteiger partial charge in [-0.15, -0.1) is 5.06 Å². The van der Waals surface area contributed by atoms with Crippen LogP contribution in [0.1, 0.15) is 25.7 Å². The van der Waals surface area contributed by atoms with Crippen molar-refractivity contribution in [3.8, 4) is 0 Å². The van der Waals surface area contributed by atoms with Crippen LogP contribution in [0.2, 0.25) is 0 Å². The van der Waals surface area contributed by atoms with Gasteiger partial charge in [0.05, 0.1) is 0 Å². The second-order valence-electron chi connectivity index (χ2n) is 6.82. The van der Waals surface area contributed by atoms with Crippen LogP contribution in [-0.2, 0) is 19.2 Å². The van der Waals surface area contributed by atoms with Gasteiger partial charge in [0.15, 0.2) is 5.94 Å². The first kappa shape index (κ1) is 18.4. The summed E-state index contributed by atoms with van der Waals surface area (Å²) in [6.07, 6.45) is 3.76. The van der Waals surface area contributed by atoms with Gasteiger partial charge >= 0.3 is 5.97 Å². The third-order valence-corrected chi connectivity index (χ3v) is 5.16. The number of hydrogen-bond donors (Lipinski definition) is 2. The third kappa shape index (κ3) is 5.26. The van der Waals surface area contributed by atoms with Gasteiger partial charge in [0.2, 0.25) is 0 Å². The minimum absolute atomic E-state index is 0.123. The van der Waals surface area contributed by atoms with Gasteiger partial charge in [0, 0.05) is 32.2 Å². The summed E-state index contributed by atoms with van der Waals surface area (Å²) in [7, 11) is 0. The molecule has 0 aromatic rings. The monoisotopic (exact) mass is 352 g/mol. The molecule has 3 rings (SSSR count). The molecular formula is C17H28N4O4. The van der Waals surface area contributed by atoms with Gasteiger partial charge < -0.3 is 20.2 Å². The number of ether oxygens (including phenoxy) is 1. The Balaban J connectivity index is 1.42. The molecule has 140 valence electrons. The summed E-state index contributed by atoms with van der Waals surface area (Å²) in [6, 6.07) is 0.618. The molecule has 3 heterocycles. The Hall–Kier alpha value is -1.44. The van der Waals surface area contributed by atoms with E-state index in [1.807, 2.05) is 0 Å². The maximum atomic E-state index is 12.2. The Bertz CT molecular complexity index is 489. The molecule has 2 N–H and O–H groups in total. The largest absolute Gasteiger partial charge is 0.475 e. The van der Waals surface area contributed by atoms with Gasteiger partial charge in [-0.1, -0.05) is 0 Å². The van der Waals surface area contributed by atoms with Crippen molar-refractivity contribution in [2.45, 2.75) is 37.8 Å². The molecule has 0 aromatic carbocycles. The quantitative estimate of drug-likeness (QED) is 0.382.